The number of rotatable bonds is 4. The molecule has 1 heterocycles. The van der Waals surface area contributed by atoms with Gasteiger partial charge in [-0.15, -0.1) is 0 Å². The molecule has 0 aliphatic rings. The number of nitrogens with one attached hydrogen (secondary N) is 2. The summed E-state index contributed by atoms with van der Waals surface area (Å²) in [6.07, 6.45) is 1.22. The topological polar surface area (TPSA) is 91.9 Å². The van der Waals surface area contributed by atoms with Crippen molar-refractivity contribution in [2.24, 2.45) is 5.41 Å². The van der Waals surface area contributed by atoms with Gasteiger partial charge in [0.2, 0.25) is 10.0 Å². The summed E-state index contributed by atoms with van der Waals surface area (Å²) in [5, 5.41) is 6.17. The molecule has 1 aromatic rings. The maximum absolute atomic E-state index is 11.8. The predicted octanol–water partition coefficient (Wildman–Crippen LogP) is 0.612. The van der Waals surface area contributed by atoms with E-state index in [4.69, 9.17) is 0 Å². The van der Waals surface area contributed by atoms with Crippen molar-refractivity contribution in [3.05, 3.63) is 11.9 Å². The lowest BCUT2D eigenvalue weighted by molar-refractivity contribution is -0.125. The fourth-order valence-corrected chi connectivity index (χ4v) is 2.23. The smallest absolute Gasteiger partial charge is 0.244 e. The third-order valence-corrected chi connectivity index (χ3v) is 3.85. The van der Waals surface area contributed by atoms with Crippen LogP contribution in [0.3, 0.4) is 0 Å². The van der Waals surface area contributed by atoms with Crippen molar-refractivity contribution >= 4 is 15.8 Å². The van der Waals surface area contributed by atoms with E-state index in [0.717, 1.165) is 0 Å². The number of ketones is 1. The predicted molar refractivity (Wildman–Crippen MR) is 63.0 cm³/mol. The molecule has 0 atom stereocenters. The maximum Gasteiger partial charge on any atom is 0.244 e. The summed E-state index contributed by atoms with van der Waals surface area (Å²) >= 11 is 0. The number of nitrogens with zero attached hydrogens (tertiary/aromatic N) is 1. The molecule has 0 fully saturated rings. The number of hydrogen-bond acceptors (Lipinski definition) is 4. The van der Waals surface area contributed by atoms with Gasteiger partial charge in [-0.25, -0.2) is 13.1 Å². The Morgan fingerprint density at radius 1 is 1.47 bits per heavy atom. The molecule has 0 aromatic carbocycles. The number of hydrogen-bond donors (Lipinski definition) is 2. The average Bonchev–Trinajstić information content (AvgIpc) is 2.60. The van der Waals surface area contributed by atoms with Crippen molar-refractivity contribution in [2.75, 3.05) is 6.54 Å². The minimum atomic E-state index is -3.67. The quantitative estimate of drug-likeness (QED) is 0.828. The molecule has 0 aliphatic carbocycles. The minimum Gasteiger partial charge on any atom is -0.298 e. The van der Waals surface area contributed by atoms with Crippen LogP contribution in [0.4, 0.5) is 0 Å². The van der Waals surface area contributed by atoms with Crippen LogP contribution in [0.2, 0.25) is 0 Å². The summed E-state index contributed by atoms with van der Waals surface area (Å²) in [6, 6.07) is 0. The number of H-pyrrole nitrogens is 1. The Balaban J connectivity index is 2.77. The monoisotopic (exact) mass is 259 g/mol. The summed E-state index contributed by atoms with van der Waals surface area (Å²) in [7, 11) is -3.67. The van der Waals surface area contributed by atoms with Crippen molar-refractivity contribution in [3.8, 4) is 0 Å². The highest BCUT2D eigenvalue weighted by atomic mass is 32.2. The zero-order valence-corrected chi connectivity index (χ0v) is 11.2. The van der Waals surface area contributed by atoms with Gasteiger partial charge in [-0.3, -0.25) is 9.89 Å². The summed E-state index contributed by atoms with van der Waals surface area (Å²) < 4.78 is 25.9. The Labute approximate surface area is 101 Å². The van der Waals surface area contributed by atoms with Crippen LogP contribution in [-0.2, 0) is 14.8 Å². The third-order valence-electron chi connectivity index (χ3n) is 2.33. The van der Waals surface area contributed by atoms with Crippen LogP contribution in [0.15, 0.2) is 11.1 Å². The molecule has 7 heteroatoms. The molecule has 1 aromatic heterocycles. The lowest BCUT2D eigenvalue weighted by Gasteiger charge is -2.16. The highest BCUT2D eigenvalue weighted by Crippen LogP contribution is 2.15. The number of sulfonamides is 1. The molecule has 0 spiro atoms. The van der Waals surface area contributed by atoms with Crippen molar-refractivity contribution < 1.29 is 13.2 Å². The molecule has 6 nitrogen and oxygen atoms in total. The van der Waals surface area contributed by atoms with Crippen LogP contribution >= 0.6 is 0 Å². The van der Waals surface area contributed by atoms with Crippen LogP contribution in [0.5, 0.6) is 0 Å². The van der Waals surface area contributed by atoms with E-state index in [0.29, 0.717) is 5.69 Å². The molecule has 0 saturated heterocycles. The first-order valence-electron chi connectivity index (χ1n) is 5.17. The number of carbonyl (C=O) groups is 1. The first-order valence-corrected chi connectivity index (χ1v) is 6.66. The van der Waals surface area contributed by atoms with Gasteiger partial charge in [0.1, 0.15) is 4.90 Å². The van der Waals surface area contributed by atoms with Crippen LogP contribution in [-0.4, -0.2) is 30.9 Å². The van der Waals surface area contributed by atoms with Gasteiger partial charge in [0.05, 0.1) is 18.4 Å². The molecule has 0 radical (unpaired) electrons. The molecule has 0 aliphatic heterocycles. The number of aromatic amines is 1. The minimum absolute atomic E-state index is 0.0687. The van der Waals surface area contributed by atoms with Gasteiger partial charge in [-0.1, -0.05) is 20.8 Å². The van der Waals surface area contributed by atoms with Crippen LogP contribution in [0.1, 0.15) is 26.5 Å². The van der Waals surface area contributed by atoms with Crippen molar-refractivity contribution in [2.45, 2.75) is 32.6 Å². The van der Waals surface area contributed by atoms with Crippen molar-refractivity contribution in [3.63, 3.8) is 0 Å². The Bertz CT molecular complexity index is 511. The Hall–Kier alpha value is -1.21. The lowest BCUT2D eigenvalue weighted by Crippen LogP contribution is -2.35. The molecule has 1 rings (SSSR count). The molecule has 96 valence electrons. The van der Waals surface area contributed by atoms with Gasteiger partial charge in [-0.2, -0.15) is 5.10 Å². The van der Waals surface area contributed by atoms with E-state index in [9.17, 15) is 13.2 Å². The average molecular weight is 259 g/mol. The Kier molecular flexibility index (Phi) is 3.73. The second-order valence-electron chi connectivity index (χ2n) is 4.86. The Morgan fingerprint density at radius 2 is 2.06 bits per heavy atom. The fraction of sp³-hybridized carbons (Fsp3) is 0.600. The maximum atomic E-state index is 11.8. The van der Waals surface area contributed by atoms with E-state index in [2.05, 4.69) is 14.9 Å². The molecular weight excluding hydrogens is 242 g/mol. The molecule has 2 N–H and O–H groups in total. The zero-order valence-electron chi connectivity index (χ0n) is 10.4. The molecule has 0 bridgehead atoms. The fourth-order valence-electron chi connectivity index (χ4n) is 1.11. The number of aromatic nitrogens is 2. The van der Waals surface area contributed by atoms with Gasteiger partial charge in [-0.05, 0) is 6.92 Å². The van der Waals surface area contributed by atoms with E-state index in [-0.39, 0.29) is 17.2 Å². The van der Waals surface area contributed by atoms with Gasteiger partial charge in [0.25, 0.3) is 0 Å². The second kappa shape index (κ2) is 4.58. The molecule has 17 heavy (non-hydrogen) atoms. The van der Waals surface area contributed by atoms with Crippen LogP contribution < -0.4 is 4.72 Å². The standard InChI is InChI=1S/C10H17N3O3S/c1-7-8(5-11-13-7)17(15,16)12-6-9(14)10(2,3)4/h5,12H,6H2,1-4H3,(H,11,13). The van der Waals surface area contributed by atoms with Crippen LogP contribution in [0, 0.1) is 12.3 Å². The first-order chi connectivity index (χ1) is 7.64. The molecule has 0 unspecified atom stereocenters. The van der Waals surface area contributed by atoms with Gasteiger partial charge in [0, 0.05) is 5.41 Å². The molecular formula is C10H17N3O3S. The highest BCUT2D eigenvalue weighted by molar-refractivity contribution is 7.89. The van der Waals surface area contributed by atoms with Gasteiger partial charge >= 0.3 is 0 Å². The SMILES string of the molecule is Cc1[nH]ncc1S(=O)(=O)NCC(=O)C(C)(C)C. The van der Waals surface area contributed by atoms with Crippen LogP contribution in [0.25, 0.3) is 0 Å². The van der Waals surface area contributed by atoms with E-state index < -0.39 is 15.4 Å². The van der Waals surface area contributed by atoms with Gasteiger partial charge in [0.15, 0.2) is 5.78 Å². The zero-order chi connectivity index (χ0) is 13.3. The summed E-state index contributed by atoms with van der Waals surface area (Å²) in [4.78, 5) is 11.7. The molecule has 0 saturated carbocycles. The van der Waals surface area contributed by atoms with Gasteiger partial charge < -0.3 is 0 Å². The third kappa shape index (κ3) is 3.37. The van der Waals surface area contributed by atoms with E-state index >= 15 is 0 Å². The Morgan fingerprint density at radius 3 is 2.47 bits per heavy atom. The second-order valence-corrected chi connectivity index (χ2v) is 6.59. The lowest BCUT2D eigenvalue weighted by atomic mass is 9.91. The largest absolute Gasteiger partial charge is 0.298 e. The summed E-state index contributed by atoms with van der Waals surface area (Å²) in [5.74, 6) is -0.165. The first kappa shape index (κ1) is 13.9. The van der Waals surface area contributed by atoms with E-state index in [1.54, 1.807) is 27.7 Å². The number of aryl methyl sites for hydroxylation is 1. The van der Waals surface area contributed by atoms with Crippen molar-refractivity contribution in [1.29, 1.82) is 0 Å². The normalized spacial score (nSPS) is 12.7. The van der Waals surface area contributed by atoms with Crippen molar-refractivity contribution in [1.82, 2.24) is 14.9 Å². The summed E-state index contributed by atoms with van der Waals surface area (Å²) in [6.45, 7) is 6.62. The van der Waals surface area contributed by atoms with E-state index in [1.165, 1.54) is 6.20 Å². The van der Waals surface area contributed by atoms with E-state index in [1.807, 2.05) is 0 Å². The molecule has 0 amide bonds. The number of Topliss-reactive ketones (excluding diaryl/α,β-unsaturated/α-hetero) is 1. The summed E-state index contributed by atoms with van der Waals surface area (Å²) in [5.41, 5.74) is -0.116. The highest BCUT2D eigenvalue weighted by Gasteiger charge is 2.24. The number of carbonyl (C=O) groups excluding carboxylic acids is 1.